The van der Waals surface area contributed by atoms with Crippen molar-refractivity contribution >= 4 is 32.4 Å². The molecule has 0 saturated heterocycles. The minimum atomic E-state index is 0.637. The van der Waals surface area contributed by atoms with Gasteiger partial charge < -0.3 is 0 Å². The molecule has 0 unspecified atom stereocenters. The van der Waals surface area contributed by atoms with Crippen molar-refractivity contribution in [3.8, 4) is 67.7 Å². The summed E-state index contributed by atoms with van der Waals surface area (Å²) in [5, 5.41) is 5.93. The van der Waals surface area contributed by atoms with E-state index in [1.807, 2.05) is 66.7 Å². The Morgan fingerprint density at radius 1 is 0.278 bits per heavy atom. The first-order valence-corrected chi connectivity index (χ1v) is 18.1. The molecule has 0 saturated carbocycles. The first-order valence-electron chi connectivity index (χ1n) is 18.1. The smallest absolute Gasteiger partial charge is 0.164 e. The Kier molecular flexibility index (Phi) is 7.77. The van der Waals surface area contributed by atoms with Crippen LogP contribution in [0.1, 0.15) is 0 Å². The Balaban J connectivity index is 1.11. The zero-order chi connectivity index (χ0) is 35.8. The van der Waals surface area contributed by atoms with Crippen LogP contribution in [-0.2, 0) is 0 Å². The zero-order valence-corrected chi connectivity index (χ0v) is 29.3. The van der Waals surface area contributed by atoms with Crippen molar-refractivity contribution in [2.75, 3.05) is 0 Å². The average molecular weight is 689 g/mol. The van der Waals surface area contributed by atoms with Gasteiger partial charge in [-0.3, -0.25) is 0 Å². The predicted octanol–water partition coefficient (Wildman–Crippen LogP) is 12.7. The molecule has 4 heteroatoms. The highest BCUT2D eigenvalue weighted by Crippen LogP contribution is 2.40. The lowest BCUT2D eigenvalue weighted by atomic mass is 9.90. The summed E-state index contributed by atoms with van der Waals surface area (Å²) < 4.78 is 0. The highest BCUT2D eigenvalue weighted by Gasteiger charge is 2.16. The zero-order valence-electron chi connectivity index (χ0n) is 29.3. The molecule has 0 N–H and O–H groups in total. The molecule has 0 spiro atoms. The Hall–Kier alpha value is -7.30. The predicted molar refractivity (Wildman–Crippen MR) is 223 cm³/mol. The highest BCUT2D eigenvalue weighted by molar-refractivity contribution is 6.17. The molecule has 0 aliphatic rings. The fourth-order valence-electron chi connectivity index (χ4n) is 7.42. The van der Waals surface area contributed by atoms with Gasteiger partial charge in [-0.05, 0) is 62.0 Å². The average Bonchev–Trinajstić information content (AvgIpc) is 3.26. The van der Waals surface area contributed by atoms with E-state index >= 15 is 0 Å². The van der Waals surface area contributed by atoms with Gasteiger partial charge in [0.05, 0.1) is 11.2 Å². The number of rotatable bonds is 6. The molecule has 0 aliphatic heterocycles. The van der Waals surface area contributed by atoms with Gasteiger partial charge in [-0.2, -0.15) is 0 Å². The fourth-order valence-corrected chi connectivity index (χ4v) is 7.42. The summed E-state index contributed by atoms with van der Waals surface area (Å²) in [5.41, 5.74) is 10.5. The van der Waals surface area contributed by atoms with Crippen LogP contribution in [-0.4, -0.2) is 19.9 Å². The number of pyridine rings is 1. The summed E-state index contributed by atoms with van der Waals surface area (Å²) >= 11 is 0. The molecule has 0 atom stereocenters. The van der Waals surface area contributed by atoms with E-state index in [2.05, 4.69) is 127 Å². The van der Waals surface area contributed by atoms with Gasteiger partial charge in [0.25, 0.3) is 0 Å². The quantitative estimate of drug-likeness (QED) is 0.163. The van der Waals surface area contributed by atoms with Crippen molar-refractivity contribution in [1.82, 2.24) is 19.9 Å². The number of fused-ring (bicyclic) bond motifs is 4. The summed E-state index contributed by atoms with van der Waals surface area (Å²) in [6.07, 6.45) is 0. The van der Waals surface area contributed by atoms with Crippen molar-refractivity contribution in [1.29, 1.82) is 0 Å². The van der Waals surface area contributed by atoms with Gasteiger partial charge in [0.2, 0.25) is 0 Å². The third-order valence-electron chi connectivity index (χ3n) is 10.1. The van der Waals surface area contributed by atoms with Crippen LogP contribution in [0.2, 0.25) is 0 Å². The summed E-state index contributed by atoms with van der Waals surface area (Å²) in [4.78, 5) is 20.0. The molecule has 10 rings (SSSR count). The second-order valence-corrected chi connectivity index (χ2v) is 13.5. The van der Waals surface area contributed by atoms with Gasteiger partial charge in [-0.1, -0.05) is 176 Å². The molecule has 0 fully saturated rings. The lowest BCUT2D eigenvalue weighted by molar-refractivity contribution is 1.07. The summed E-state index contributed by atoms with van der Waals surface area (Å²) in [5.74, 6) is 1.94. The molecular formula is C50H32N4. The van der Waals surface area contributed by atoms with Crippen LogP contribution in [0.3, 0.4) is 0 Å². The van der Waals surface area contributed by atoms with Crippen molar-refractivity contribution in [2.24, 2.45) is 0 Å². The largest absolute Gasteiger partial charge is 0.248 e. The molecule has 252 valence electrons. The van der Waals surface area contributed by atoms with E-state index in [1.54, 1.807) is 0 Å². The minimum absolute atomic E-state index is 0.637. The maximum atomic E-state index is 5.23. The number of hydrogen-bond acceptors (Lipinski definition) is 4. The van der Waals surface area contributed by atoms with Crippen molar-refractivity contribution in [3.63, 3.8) is 0 Å². The molecule has 54 heavy (non-hydrogen) atoms. The lowest BCUT2D eigenvalue weighted by Crippen LogP contribution is -2.00. The molecule has 2 heterocycles. The molecule has 4 nitrogen and oxygen atoms in total. The molecule has 0 amide bonds. The van der Waals surface area contributed by atoms with Gasteiger partial charge in [0.15, 0.2) is 17.5 Å². The second-order valence-electron chi connectivity index (χ2n) is 13.5. The fraction of sp³-hybridized carbons (Fsp3) is 0. The summed E-state index contributed by atoms with van der Waals surface area (Å²) in [6.45, 7) is 0. The van der Waals surface area contributed by atoms with Crippen LogP contribution in [0.25, 0.3) is 100 Å². The molecule has 8 aromatic carbocycles. The van der Waals surface area contributed by atoms with Gasteiger partial charge in [-0.15, -0.1) is 0 Å². The topological polar surface area (TPSA) is 51.6 Å². The minimum Gasteiger partial charge on any atom is -0.248 e. The van der Waals surface area contributed by atoms with E-state index in [1.165, 1.54) is 32.7 Å². The standard InChI is InChI=1S/C50H32N4/c1-4-14-35(15-5-1)46-32-44(40-28-23-33-13-10-11-20-39(33)31-40)47-43-22-12-21-41(42(43)29-30-45(47)51-46)34-24-26-38(27-25-34)50-53-48(36-16-6-2-7-17-36)52-49(54-50)37-18-8-3-9-19-37/h1-32H. The van der Waals surface area contributed by atoms with E-state index in [9.17, 15) is 0 Å². The van der Waals surface area contributed by atoms with Crippen LogP contribution in [0, 0.1) is 0 Å². The van der Waals surface area contributed by atoms with Crippen LogP contribution >= 0.6 is 0 Å². The van der Waals surface area contributed by atoms with E-state index in [-0.39, 0.29) is 0 Å². The van der Waals surface area contributed by atoms with Crippen molar-refractivity contribution < 1.29 is 0 Å². The maximum Gasteiger partial charge on any atom is 0.164 e. The number of aromatic nitrogens is 4. The van der Waals surface area contributed by atoms with Gasteiger partial charge in [-0.25, -0.2) is 19.9 Å². The molecule has 10 aromatic rings. The number of nitrogens with zero attached hydrogens (tertiary/aromatic N) is 4. The Morgan fingerprint density at radius 2 is 0.815 bits per heavy atom. The molecular weight excluding hydrogens is 657 g/mol. The molecule has 2 aromatic heterocycles. The third-order valence-corrected chi connectivity index (χ3v) is 10.1. The van der Waals surface area contributed by atoms with Crippen molar-refractivity contribution in [3.05, 3.63) is 194 Å². The maximum absolute atomic E-state index is 5.23. The Bertz CT molecular complexity index is 2900. The summed E-state index contributed by atoms with van der Waals surface area (Å²) in [7, 11) is 0. The molecule has 0 radical (unpaired) electrons. The second kappa shape index (κ2) is 13.4. The van der Waals surface area contributed by atoms with Gasteiger partial charge in [0.1, 0.15) is 0 Å². The number of benzene rings is 8. The van der Waals surface area contributed by atoms with E-state index in [4.69, 9.17) is 19.9 Å². The van der Waals surface area contributed by atoms with Gasteiger partial charge in [0, 0.05) is 27.6 Å². The molecule has 0 bridgehead atoms. The highest BCUT2D eigenvalue weighted by atomic mass is 15.0. The van der Waals surface area contributed by atoms with Crippen LogP contribution in [0.4, 0.5) is 0 Å². The van der Waals surface area contributed by atoms with Crippen molar-refractivity contribution in [2.45, 2.75) is 0 Å². The van der Waals surface area contributed by atoms with E-state index in [0.29, 0.717) is 17.5 Å². The van der Waals surface area contributed by atoms with Crippen LogP contribution < -0.4 is 0 Å². The first-order chi connectivity index (χ1) is 26.7. The monoisotopic (exact) mass is 688 g/mol. The molecule has 0 aliphatic carbocycles. The first kappa shape index (κ1) is 31.4. The summed E-state index contributed by atoms with van der Waals surface area (Å²) in [6, 6.07) is 67.7. The van der Waals surface area contributed by atoms with E-state index in [0.717, 1.165) is 50.0 Å². The normalized spacial score (nSPS) is 11.3. The SMILES string of the molecule is c1ccc(-c2cc(-c3ccc4ccccc4c3)c3c(ccc4c(-c5ccc(-c6nc(-c7ccccc7)nc(-c7ccccc7)n6)cc5)cccc43)n2)cc1. The van der Waals surface area contributed by atoms with E-state index < -0.39 is 0 Å². The van der Waals surface area contributed by atoms with Crippen LogP contribution in [0.15, 0.2) is 194 Å². The Labute approximate surface area is 313 Å². The lowest BCUT2D eigenvalue weighted by Gasteiger charge is -2.15. The van der Waals surface area contributed by atoms with Gasteiger partial charge >= 0.3 is 0 Å². The Morgan fingerprint density at radius 3 is 1.46 bits per heavy atom. The number of hydrogen-bond donors (Lipinski definition) is 0. The van der Waals surface area contributed by atoms with Crippen LogP contribution in [0.5, 0.6) is 0 Å². The third kappa shape index (κ3) is 5.76.